The smallest absolute Gasteiger partial charge is 0.410 e. The van der Waals surface area contributed by atoms with Gasteiger partial charge in [0.2, 0.25) is 15.9 Å². The average molecular weight is 765 g/mol. The molecular weight excluding hydrogens is 719 g/mol. The van der Waals surface area contributed by atoms with Gasteiger partial charge in [-0.3, -0.25) is 4.79 Å². The first-order chi connectivity index (χ1) is 25.1. The van der Waals surface area contributed by atoms with E-state index in [-0.39, 0.29) is 48.6 Å². The Bertz CT molecular complexity index is 1990. The summed E-state index contributed by atoms with van der Waals surface area (Å²) in [5.41, 5.74) is 8.14. The van der Waals surface area contributed by atoms with Crippen LogP contribution in [0.15, 0.2) is 96.0 Å². The van der Waals surface area contributed by atoms with Gasteiger partial charge >= 0.3 is 6.09 Å². The van der Waals surface area contributed by atoms with E-state index in [1.54, 1.807) is 94.6 Å². The van der Waals surface area contributed by atoms with E-state index in [0.29, 0.717) is 22.0 Å². The standard InChI is InChI=1S/C40H46ClFN4O6S/c1-26-24-45(39(48)52-40(2,3)4)25-31(46(26)53(49,50)32-11-7-6-8-12-32)19-20-33-28(10-9-13-34(33)42)22-35(47)38(43)37(27-14-17-30(41)18-15-27)29-16-21-36(51-5)44-23-29/h6-18,21,23,26,31,37-38H,19-20,22,24-25,43H2,1-5H3/t26-,31+,37+,38-/m1/s1. The Kier molecular flexibility index (Phi) is 12.6. The molecule has 282 valence electrons. The molecule has 1 amide bonds. The third-order valence-corrected chi connectivity index (χ3v) is 11.6. The van der Waals surface area contributed by atoms with Crippen LogP contribution in [0.25, 0.3) is 0 Å². The van der Waals surface area contributed by atoms with Gasteiger partial charge in [-0.1, -0.05) is 60.1 Å². The SMILES string of the molecule is COc1ccc([C@H](c2ccc(Cl)cc2)[C@H](N)C(=O)Cc2cccc(F)c2CC[C@H]2CN(C(=O)OC(C)(C)C)C[C@@H](C)N2S(=O)(=O)c2ccccc2)cn1. The van der Waals surface area contributed by atoms with Crippen LogP contribution in [0, 0.1) is 5.82 Å². The Morgan fingerprint density at radius 3 is 2.28 bits per heavy atom. The topological polar surface area (TPSA) is 132 Å². The minimum absolute atomic E-state index is 0.0393. The number of nitrogens with two attached hydrogens (primary N) is 1. The van der Waals surface area contributed by atoms with Crippen LogP contribution in [0.2, 0.25) is 5.02 Å². The summed E-state index contributed by atoms with van der Waals surface area (Å²) in [5, 5.41) is 0.529. The highest BCUT2D eigenvalue weighted by Gasteiger charge is 2.42. The zero-order valence-corrected chi connectivity index (χ0v) is 32.1. The van der Waals surface area contributed by atoms with Crippen molar-refractivity contribution in [1.82, 2.24) is 14.2 Å². The molecule has 53 heavy (non-hydrogen) atoms. The molecule has 4 aromatic rings. The van der Waals surface area contributed by atoms with Gasteiger partial charge in [0.25, 0.3) is 0 Å². The number of amides is 1. The molecule has 1 aliphatic rings. The van der Waals surface area contributed by atoms with Gasteiger partial charge in [0, 0.05) is 54.8 Å². The van der Waals surface area contributed by atoms with Crippen molar-refractivity contribution in [3.8, 4) is 5.88 Å². The van der Waals surface area contributed by atoms with Gasteiger partial charge in [-0.05, 0) is 93.1 Å². The molecule has 0 bridgehead atoms. The van der Waals surface area contributed by atoms with Crippen molar-refractivity contribution in [3.63, 3.8) is 0 Å². The number of benzene rings is 3. The first-order valence-electron chi connectivity index (χ1n) is 17.5. The number of pyridine rings is 1. The highest BCUT2D eigenvalue weighted by atomic mass is 35.5. The number of hydrogen-bond donors (Lipinski definition) is 1. The molecule has 1 saturated heterocycles. The second-order valence-electron chi connectivity index (χ2n) is 14.3. The summed E-state index contributed by atoms with van der Waals surface area (Å²) in [7, 11) is -2.49. The maximum atomic E-state index is 15.7. The molecule has 0 saturated carbocycles. The number of rotatable bonds is 12. The van der Waals surface area contributed by atoms with Gasteiger partial charge in [0.05, 0.1) is 18.0 Å². The fourth-order valence-corrected chi connectivity index (χ4v) is 8.81. The van der Waals surface area contributed by atoms with Gasteiger partial charge < -0.3 is 20.1 Å². The number of piperazine rings is 1. The molecule has 13 heteroatoms. The zero-order valence-electron chi connectivity index (χ0n) is 30.5. The van der Waals surface area contributed by atoms with E-state index in [9.17, 15) is 18.0 Å². The van der Waals surface area contributed by atoms with Crippen LogP contribution in [0.5, 0.6) is 5.88 Å². The largest absolute Gasteiger partial charge is 0.481 e. The van der Waals surface area contributed by atoms with Gasteiger partial charge in [0.1, 0.15) is 11.4 Å². The molecule has 2 N–H and O–H groups in total. The van der Waals surface area contributed by atoms with Gasteiger partial charge in [0.15, 0.2) is 5.78 Å². The van der Waals surface area contributed by atoms with Crippen molar-refractivity contribution in [2.24, 2.45) is 5.73 Å². The molecular formula is C40H46ClFN4O6S. The maximum absolute atomic E-state index is 15.7. The van der Waals surface area contributed by atoms with Crippen molar-refractivity contribution in [1.29, 1.82) is 0 Å². The average Bonchev–Trinajstić information content (AvgIpc) is 3.11. The number of sulfonamides is 1. The quantitative estimate of drug-likeness (QED) is 0.167. The molecule has 10 nitrogen and oxygen atoms in total. The number of Topliss-reactive ketones (excluding diaryl/α,β-unsaturated/α-hetero) is 1. The lowest BCUT2D eigenvalue weighted by molar-refractivity contribution is -0.119. The van der Waals surface area contributed by atoms with E-state index in [2.05, 4.69) is 4.98 Å². The molecule has 1 fully saturated rings. The zero-order chi connectivity index (χ0) is 38.5. The van der Waals surface area contributed by atoms with Crippen molar-refractivity contribution in [3.05, 3.63) is 124 Å². The first-order valence-corrected chi connectivity index (χ1v) is 19.3. The van der Waals surface area contributed by atoms with Crippen LogP contribution < -0.4 is 10.5 Å². The minimum atomic E-state index is -4.00. The Morgan fingerprint density at radius 2 is 1.66 bits per heavy atom. The Hall–Kier alpha value is -4.36. The predicted octanol–water partition coefficient (Wildman–Crippen LogP) is 6.79. The molecule has 0 aliphatic carbocycles. The lowest BCUT2D eigenvalue weighted by atomic mass is 9.82. The van der Waals surface area contributed by atoms with Gasteiger partial charge in [-0.15, -0.1) is 0 Å². The Morgan fingerprint density at radius 1 is 0.981 bits per heavy atom. The summed E-state index contributed by atoms with van der Waals surface area (Å²) >= 11 is 6.17. The van der Waals surface area contributed by atoms with Crippen LogP contribution in [-0.2, 0) is 32.4 Å². The van der Waals surface area contributed by atoms with Crippen molar-refractivity contribution in [2.45, 2.75) is 81.5 Å². The normalized spacial score (nSPS) is 17.9. The second-order valence-corrected chi connectivity index (χ2v) is 16.6. The second kappa shape index (κ2) is 16.8. The molecule has 0 radical (unpaired) electrons. The fourth-order valence-electron chi connectivity index (χ4n) is 6.84. The molecule has 0 unspecified atom stereocenters. The molecule has 2 heterocycles. The van der Waals surface area contributed by atoms with Crippen LogP contribution in [-0.4, -0.2) is 78.4 Å². The third-order valence-electron chi connectivity index (χ3n) is 9.28. The molecule has 5 rings (SSSR count). The fraction of sp³-hybridized carbons (Fsp3) is 0.375. The number of hydrogen-bond acceptors (Lipinski definition) is 8. The summed E-state index contributed by atoms with van der Waals surface area (Å²) < 4.78 is 56.1. The highest BCUT2D eigenvalue weighted by Crippen LogP contribution is 2.32. The number of nitrogens with zero attached hydrogens (tertiary/aromatic N) is 3. The number of carbonyl (C=O) groups is 2. The molecule has 1 aromatic heterocycles. The van der Waals surface area contributed by atoms with Crippen LogP contribution >= 0.6 is 11.6 Å². The lowest BCUT2D eigenvalue weighted by Crippen LogP contribution is -2.61. The lowest BCUT2D eigenvalue weighted by Gasteiger charge is -2.44. The van der Waals surface area contributed by atoms with E-state index in [1.807, 2.05) is 0 Å². The number of aromatic nitrogens is 1. The summed E-state index contributed by atoms with van der Waals surface area (Å²) in [5.74, 6) is -1.04. The molecule has 4 atom stereocenters. The summed E-state index contributed by atoms with van der Waals surface area (Å²) in [6.45, 7) is 7.19. The monoisotopic (exact) mass is 764 g/mol. The van der Waals surface area contributed by atoms with Crippen molar-refractivity contribution in [2.75, 3.05) is 20.2 Å². The maximum Gasteiger partial charge on any atom is 0.410 e. The Labute approximate surface area is 316 Å². The van der Waals surface area contributed by atoms with Crippen molar-refractivity contribution >= 4 is 33.5 Å². The van der Waals surface area contributed by atoms with E-state index in [0.717, 1.165) is 5.56 Å². The minimum Gasteiger partial charge on any atom is -0.481 e. The summed E-state index contributed by atoms with van der Waals surface area (Å²) in [6, 6.07) is 20.8. The number of halogens is 2. The third kappa shape index (κ3) is 9.61. The van der Waals surface area contributed by atoms with E-state index < -0.39 is 51.6 Å². The van der Waals surface area contributed by atoms with E-state index in [4.69, 9.17) is 26.8 Å². The van der Waals surface area contributed by atoms with Gasteiger partial charge in [-0.2, -0.15) is 4.31 Å². The molecule has 0 spiro atoms. The van der Waals surface area contributed by atoms with Crippen LogP contribution in [0.1, 0.15) is 62.3 Å². The van der Waals surface area contributed by atoms with Crippen LogP contribution in [0.4, 0.5) is 9.18 Å². The number of methoxy groups -OCH3 is 1. The summed E-state index contributed by atoms with van der Waals surface area (Å²) in [4.78, 5) is 33.2. The predicted molar refractivity (Wildman–Crippen MR) is 202 cm³/mol. The number of ether oxygens (including phenoxy) is 2. The first kappa shape index (κ1) is 39.8. The van der Waals surface area contributed by atoms with E-state index >= 15 is 4.39 Å². The van der Waals surface area contributed by atoms with Gasteiger partial charge in [-0.25, -0.2) is 22.6 Å². The summed E-state index contributed by atoms with van der Waals surface area (Å²) in [6.07, 6.45) is 1.14. The van der Waals surface area contributed by atoms with Crippen molar-refractivity contribution < 1.29 is 31.9 Å². The highest BCUT2D eigenvalue weighted by molar-refractivity contribution is 7.89. The number of ketones is 1. The molecule has 3 aromatic carbocycles. The van der Waals surface area contributed by atoms with Crippen LogP contribution in [0.3, 0.4) is 0 Å². The molecule has 1 aliphatic heterocycles. The Balaban J connectivity index is 1.43. The van der Waals surface area contributed by atoms with E-state index in [1.165, 1.54) is 40.6 Å². The number of carbonyl (C=O) groups excluding carboxylic acids is 2.